The van der Waals surface area contributed by atoms with Crippen LogP contribution < -0.4 is 5.73 Å². The summed E-state index contributed by atoms with van der Waals surface area (Å²) in [6.45, 7) is 7.23. The van der Waals surface area contributed by atoms with E-state index in [9.17, 15) is 0 Å². The van der Waals surface area contributed by atoms with Crippen LogP contribution in [0.5, 0.6) is 0 Å². The third-order valence-corrected chi connectivity index (χ3v) is 4.08. The first-order valence-electron chi connectivity index (χ1n) is 6.86. The highest BCUT2D eigenvalue weighted by molar-refractivity contribution is 7.12. The van der Waals surface area contributed by atoms with E-state index in [1.54, 1.807) is 11.3 Å². The van der Waals surface area contributed by atoms with Gasteiger partial charge in [-0.1, -0.05) is 38.1 Å². The van der Waals surface area contributed by atoms with Gasteiger partial charge in [-0.05, 0) is 37.8 Å². The van der Waals surface area contributed by atoms with Gasteiger partial charge in [0.05, 0.1) is 10.7 Å². The maximum Gasteiger partial charge on any atom is 0.0904 e. The van der Waals surface area contributed by atoms with E-state index in [1.165, 1.54) is 16.0 Å². The summed E-state index contributed by atoms with van der Waals surface area (Å²) in [5.74, 6) is 0.695. The summed E-state index contributed by atoms with van der Waals surface area (Å²) < 4.78 is 0. The maximum absolute atomic E-state index is 5.67. The zero-order chi connectivity index (χ0) is 13.8. The van der Waals surface area contributed by atoms with Gasteiger partial charge in [-0.2, -0.15) is 0 Å². The minimum atomic E-state index is 0.681. The second-order valence-corrected chi connectivity index (χ2v) is 6.63. The molecule has 0 spiro atoms. The molecular weight excluding hydrogens is 252 g/mol. The summed E-state index contributed by atoms with van der Waals surface area (Å²) >= 11 is 1.76. The van der Waals surface area contributed by atoms with Crippen molar-refractivity contribution in [2.45, 2.75) is 33.6 Å². The summed E-state index contributed by atoms with van der Waals surface area (Å²) in [6, 6.07) is 8.81. The Hall–Kier alpha value is -1.19. The van der Waals surface area contributed by atoms with Crippen LogP contribution in [0.4, 0.5) is 0 Å². The van der Waals surface area contributed by atoms with E-state index in [0.29, 0.717) is 12.5 Å². The number of nitrogens with two attached hydrogens (primary N) is 1. The van der Waals surface area contributed by atoms with E-state index in [0.717, 1.165) is 23.5 Å². The maximum atomic E-state index is 5.67. The first-order chi connectivity index (χ1) is 9.10. The van der Waals surface area contributed by atoms with E-state index in [2.05, 4.69) is 50.0 Å². The van der Waals surface area contributed by atoms with E-state index in [-0.39, 0.29) is 0 Å². The molecule has 102 valence electrons. The molecule has 0 fully saturated rings. The monoisotopic (exact) mass is 274 g/mol. The minimum absolute atomic E-state index is 0.681. The normalized spacial score (nSPS) is 11.2. The number of hydrogen-bond acceptors (Lipinski definition) is 3. The highest BCUT2D eigenvalue weighted by Crippen LogP contribution is 2.28. The van der Waals surface area contributed by atoms with Crippen LogP contribution >= 0.6 is 11.3 Å². The fourth-order valence-corrected chi connectivity index (χ4v) is 3.24. The molecule has 0 aliphatic carbocycles. The lowest BCUT2D eigenvalue weighted by Gasteiger charge is -2.06. The van der Waals surface area contributed by atoms with Crippen LogP contribution in [0, 0.1) is 12.8 Å². The van der Waals surface area contributed by atoms with Crippen molar-refractivity contribution in [2.75, 3.05) is 6.54 Å². The molecule has 1 aromatic carbocycles. The van der Waals surface area contributed by atoms with Gasteiger partial charge in [-0.15, -0.1) is 11.3 Å². The SMILES string of the molecule is Cc1nc(-c2ccc(CC(C)C)cc2)c(CCN)s1. The van der Waals surface area contributed by atoms with Crippen molar-refractivity contribution >= 4 is 11.3 Å². The largest absolute Gasteiger partial charge is 0.330 e. The molecule has 3 heteroatoms. The van der Waals surface area contributed by atoms with Gasteiger partial charge in [-0.3, -0.25) is 0 Å². The molecule has 0 saturated carbocycles. The molecule has 2 rings (SSSR count). The van der Waals surface area contributed by atoms with Crippen LogP contribution in [0.15, 0.2) is 24.3 Å². The Kier molecular flexibility index (Phi) is 4.72. The zero-order valence-corrected chi connectivity index (χ0v) is 12.8. The highest BCUT2D eigenvalue weighted by Gasteiger charge is 2.10. The van der Waals surface area contributed by atoms with Gasteiger partial charge in [0.1, 0.15) is 0 Å². The van der Waals surface area contributed by atoms with Crippen molar-refractivity contribution in [3.8, 4) is 11.3 Å². The van der Waals surface area contributed by atoms with Crippen molar-refractivity contribution in [1.29, 1.82) is 0 Å². The molecule has 0 bridgehead atoms. The molecule has 0 aliphatic rings. The van der Waals surface area contributed by atoms with Gasteiger partial charge < -0.3 is 5.73 Å². The van der Waals surface area contributed by atoms with Crippen LogP contribution in [0.25, 0.3) is 11.3 Å². The van der Waals surface area contributed by atoms with Crippen molar-refractivity contribution < 1.29 is 0 Å². The molecule has 1 heterocycles. The number of nitrogens with zero attached hydrogens (tertiary/aromatic N) is 1. The summed E-state index contributed by atoms with van der Waals surface area (Å²) in [6.07, 6.45) is 2.04. The zero-order valence-electron chi connectivity index (χ0n) is 11.9. The summed E-state index contributed by atoms with van der Waals surface area (Å²) in [7, 11) is 0. The van der Waals surface area contributed by atoms with E-state index in [1.807, 2.05) is 0 Å². The predicted molar refractivity (Wildman–Crippen MR) is 83.6 cm³/mol. The molecular formula is C16H22N2S. The smallest absolute Gasteiger partial charge is 0.0904 e. The van der Waals surface area contributed by atoms with Crippen molar-refractivity contribution in [2.24, 2.45) is 11.7 Å². The van der Waals surface area contributed by atoms with E-state index in [4.69, 9.17) is 5.73 Å². The molecule has 0 unspecified atom stereocenters. The number of aryl methyl sites for hydroxylation is 1. The molecule has 2 N–H and O–H groups in total. The van der Waals surface area contributed by atoms with Crippen molar-refractivity contribution in [1.82, 2.24) is 4.98 Å². The van der Waals surface area contributed by atoms with Crippen LogP contribution in [-0.4, -0.2) is 11.5 Å². The number of benzene rings is 1. The van der Waals surface area contributed by atoms with Crippen molar-refractivity contribution in [3.05, 3.63) is 39.7 Å². The molecule has 0 amide bonds. The first-order valence-corrected chi connectivity index (χ1v) is 7.67. The second kappa shape index (κ2) is 6.31. The molecule has 0 atom stereocenters. The van der Waals surface area contributed by atoms with Crippen molar-refractivity contribution in [3.63, 3.8) is 0 Å². The van der Waals surface area contributed by atoms with Crippen LogP contribution in [-0.2, 0) is 12.8 Å². The summed E-state index contributed by atoms with van der Waals surface area (Å²) in [5, 5.41) is 1.12. The van der Waals surface area contributed by atoms with Gasteiger partial charge in [-0.25, -0.2) is 4.98 Å². The average molecular weight is 274 g/mol. The number of hydrogen-bond donors (Lipinski definition) is 1. The fourth-order valence-electron chi connectivity index (χ4n) is 2.27. The Labute approximate surface area is 119 Å². The third kappa shape index (κ3) is 3.64. The summed E-state index contributed by atoms with van der Waals surface area (Å²) in [4.78, 5) is 5.96. The Bertz CT molecular complexity index is 526. The van der Waals surface area contributed by atoms with Gasteiger partial charge in [0.2, 0.25) is 0 Å². The van der Waals surface area contributed by atoms with Gasteiger partial charge >= 0.3 is 0 Å². The Morgan fingerprint density at radius 1 is 1.21 bits per heavy atom. The topological polar surface area (TPSA) is 38.9 Å². The predicted octanol–water partition coefficient (Wildman–Crippen LogP) is 3.82. The first kappa shape index (κ1) is 14.2. The molecule has 1 aromatic heterocycles. The minimum Gasteiger partial charge on any atom is -0.330 e. The molecule has 0 saturated heterocycles. The number of thiazole rings is 1. The van der Waals surface area contributed by atoms with Gasteiger partial charge in [0, 0.05) is 10.4 Å². The molecule has 2 nitrogen and oxygen atoms in total. The summed E-state index contributed by atoms with van der Waals surface area (Å²) in [5.41, 5.74) is 9.39. The fraction of sp³-hybridized carbons (Fsp3) is 0.438. The third-order valence-electron chi connectivity index (χ3n) is 3.05. The highest BCUT2D eigenvalue weighted by atomic mass is 32.1. The Morgan fingerprint density at radius 2 is 1.89 bits per heavy atom. The molecule has 19 heavy (non-hydrogen) atoms. The van der Waals surface area contributed by atoms with Gasteiger partial charge in [0.25, 0.3) is 0 Å². The average Bonchev–Trinajstić information content (AvgIpc) is 2.71. The molecule has 0 radical (unpaired) electrons. The lowest BCUT2D eigenvalue weighted by Crippen LogP contribution is -2.02. The Morgan fingerprint density at radius 3 is 2.47 bits per heavy atom. The standard InChI is InChI=1S/C16H22N2S/c1-11(2)10-13-4-6-14(7-5-13)16-15(8-9-17)19-12(3)18-16/h4-7,11H,8-10,17H2,1-3H3. The van der Waals surface area contributed by atoms with Crippen LogP contribution in [0.3, 0.4) is 0 Å². The second-order valence-electron chi connectivity index (χ2n) is 5.34. The molecule has 0 aliphatic heterocycles. The Balaban J connectivity index is 2.26. The quantitative estimate of drug-likeness (QED) is 0.900. The van der Waals surface area contributed by atoms with Crippen LogP contribution in [0.1, 0.15) is 29.3 Å². The van der Waals surface area contributed by atoms with Crippen LogP contribution in [0.2, 0.25) is 0 Å². The number of rotatable bonds is 5. The lowest BCUT2D eigenvalue weighted by molar-refractivity contribution is 0.647. The molecule has 2 aromatic rings. The van der Waals surface area contributed by atoms with Gasteiger partial charge in [0.15, 0.2) is 0 Å². The number of aromatic nitrogens is 1. The lowest BCUT2D eigenvalue weighted by atomic mass is 10.0. The van der Waals surface area contributed by atoms with E-state index >= 15 is 0 Å². The van der Waals surface area contributed by atoms with E-state index < -0.39 is 0 Å².